The quantitative estimate of drug-likeness (QED) is 0.734. The summed E-state index contributed by atoms with van der Waals surface area (Å²) in [6, 6.07) is 17.0. The van der Waals surface area contributed by atoms with Gasteiger partial charge in [0.25, 0.3) is 0 Å². The molecule has 3 aromatic rings. The van der Waals surface area contributed by atoms with E-state index in [1.165, 1.54) is 12.4 Å². The molecule has 26 heavy (non-hydrogen) atoms. The van der Waals surface area contributed by atoms with Gasteiger partial charge < -0.3 is 4.90 Å². The minimum absolute atomic E-state index is 0.0791. The number of Topliss-reactive ketones (excluding diaryl/α,β-unsaturated/α-hetero) is 1. The van der Waals surface area contributed by atoms with Gasteiger partial charge in [0, 0.05) is 17.8 Å². The van der Waals surface area contributed by atoms with Gasteiger partial charge in [0.05, 0.1) is 18.1 Å². The molecule has 0 saturated carbocycles. The lowest BCUT2D eigenvalue weighted by atomic mass is 9.90. The van der Waals surface area contributed by atoms with E-state index < -0.39 is 11.8 Å². The van der Waals surface area contributed by atoms with Gasteiger partial charge in [-0.1, -0.05) is 30.3 Å². The summed E-state index contributed by atoms with van der Waals surface area (Å²) < 4.78 is 0. The van der Waals surface area contributed by atoms with Crippen LogP contribution in [0.1, 0.15) is 10.4 Å². The van der Waals surface area contributed by atoms with Crippen molar-refractivity contribution in [1.29, 1.82) is 0 Å². The van der Waals surface area contributed by atoms with Crippen molar-refractivity contribution in [2.45, 2.75) is 0 Å². The Hall–Kier alpha value is -3.61. The highest BCUT2D eigenvalue weighted by Gasteiger charge is 2.37. The van der Waals surface area contributed by atoms with Crippen LogP contribution in [0, 0.1) is 5.92 Å². The van der Waals surface area contributed by atoms with Gasteiger partial charge >= 0.3 is 0 Å². The molecule has 1 amide bonds. The second-order valence-corrected chi connectivity index (χ2v) is 5.84. The molecule has 1 atom stereocenters. The maximum Gasteiger partial charge on any atom is 0.249 e. The van der Waals surface area contributed by atoms with Gasteiger partial charge in [0.15, 0.2) is 5.78 Å². The van der Waals surface area contributed by atoms with Crippen molar-refractivity contribution in [2.24, 2.45) is 5.92 Å². The molecule has 1 N–H and O–H groups in total. The molecule has 0 spiro atoms. The van der Waals surface area contributed by atoms with Crippen molar-refractivity contribution >= 4 is 29.0 Å². The molecular formula is C19H15N5O2. The molecule has 1 aliphatic heterocycles. The summed E-state index contributed by atoms with van der Waals surface area (Å²) in [6.45, 7) is 0.242. The molecule has 0 aliphatic carbocycles. The minimum Gasteiger partial charge on any atom is -0.340 e. The summed E-state index contributed by atoms with van der Waals surface area (Å²) in [5, 5.41) is 9.99. The Morgan fingerprint density at radius 2 is 1.81 bits per heavy atom. The van der Waals surface area contributed by atoms with Gasteiger partial charge in [-0.25, -0.2) is 4.98 Å². The molecule has 1 aliphatic rings. The molecule has 7 heteroatoms. The molecular weight excluding hydrogens is 330 g/mol. The van der Waals surface area contributed by atoms with Gasteiger partial charge in [0.1, 0.15) is 5.92 Å². The SMILES string of the molecule is O=C(Nc1nccnn1)C1CN(c2ccccc2)c2ccccc2C1=O. The van der Waals surface area contributed by atoms with Gasteiger partial charge in [0.2, 0.25) is 11.9 Å². The molecule has 0 radical (unpaired) electrons. The van der Waals surface area contributed by atoms with Crippen molar-refractivity contribution in [1.82, 2.24) is 15.2 Å². The van der Waals surface area contributed by atoms with Crippen molar-refractivity contribution < 1.29 is 9.59 Å². The van der Waals surface area contributed by atoms with E-state index in [-0.39, 0.29) is 18.3 Å². The maximum atomic E-state index is 12.9. The highest BCUT2D eigenvalue weighted by molar-refractivity contribution is 6.17. The largest absolute Gasteiger partial charge is 0.340 e. The van der Waals surface area contributed by atoms with Crippen LogP contribution in [0.4, 0.5) is 17.3 Å². The van der Waals surface area contributed by atoms with E-state index in [2.05, 4.69) is 20.5 Å². The monoisotopic (exact) mass is 345 g/mol. The number of anilines is 3. The third kappa shape index (κ3) is 2.90. The summed E-state index contributed by atoms with van der Waals surface area (Å²) in [7, 11) is 0. The van der Waals surface area contributed by atoms with E-state index in [0.29, 0.717) is 5.56 Å². The Morgan fingerprint density at radius 1 is 1.04 bits per heavy atom. The van der Waals surface area contributed by atoms with E-state index in [4.69, 9.17) is 0 Å². The molecule has 0 bridgehead atoms. The van der Waals surface area contributed by atoms with Gasteiger partial charge in [-0.05, 0) is 24.3 Å². The lowest BCUT2D eigenvalue weighted by molar-refractivity contribution is -0.118. The predicted octanol–water partition coefficient (Wildman–Crippen LogP) is 2.46. The molecule has 1 unspecified atom stereocenters. The zero-order chi connectivity index (χ0) is 17.9. The molecule has 0 fully saturated rings. The van der Waals surface area contributed by atoms with Gasteiger partial charge in [-0.3, -0.25) is 14.9 Å². The highest BCUT2D eigenvalue weighted by atomic mass is 16.2. The zero-order valence-corrected chi connectivity index (χ0v) is 13.7. The number of carbonyl (C=O) groups excluding carboxylic acids is 2. The molecule has 0 saturated heterocycles. The fourth-order valence-electron chi connectivity index (χ4n) is 3.03. The second kappa shape index (κ2) is 6.72. The van der Waals surface area contributed by atoms with Crippen LogP contribution in [-0.4, -0.2) is 33.4 Å². The Balaban J connectivity index is 1.69. The Kier molecular flexibility index (Phi) is 4.10. The number of aromatic nitrogens is 3. The third-order valence-electron chi connectivity index (χ3n) is 4.24. The van der Waals surface area contributed by atoms with E-state index in [1.54, 1.807) is 12.1 Å². The zero-order valence-electron chi connectivity index (χ0n) is 13.7. The average Bonchev–Trinajstić information content (AvgIpc) is 2.70. The number of rotatable bonds is 3. The van der Waals surface area contributed by atoms with E-state index in [1.807, 2.05) is 47.4 Å². The van der Waals surface area contributed by atoms with Crippen LogP contribution in [0.15, 0.2) is 67.0 Å². The van der Waals surface area contributed by atoms with Gasteiger partial charge in [-0.2, -0.15) is 5.10 Å². The molecule has 2 aromatic carbocycles. The summed E-state index contributed by atoms with van der Waals surface area (Å²) in [6.07, 6.45) is 2.84. The van der Waals surface area contributed by atoms with Crippen LogP contribution < -0.4 is 10.2 Å². The first kappa shape index (κ1) is 15.9. The smallest absolute Gasteiger partial charge is 0.249 e. The van der Waals surface area contributed by atoms with E-state index in [9.17, 15) is 9.59 Å². The first-order valence-corrected chi connectivity index (χ1v) is 8.14. The molecule has 7 nitrogen and oxygen atoms in total. The number of nitrogens with one attached hydrogen (secondary N) is 1. The van der Waals surface area contributed by atoms with Crippen molar-refractivity contribution in [3.05, 3.63) is 72.6 Å². The lowest BCUT2D eigenvalue weighted by Gasteiger charge is -2.34. The first-order valence-electron chi connectivity index (χ1n) is 8.14. The summed E-state index contributed by atoms with van der Waals surface area (Å²) in [4.78, 5) is 31.5. The number of amides is 1. The number of carbonyl (C=O) groups is 2. The number of hydrogen-bond acceptors (Lipinski definition) is 6. The molecule has 128 valence electrons. The molecule has 4 rings (SSSR count). The fourth-order valence-corrected chi connectivity index (χ4v) is 3.03. The topological polar surface area (TPSA) is 88.1 Å². The van der Waals surface area contributed by atoms with Crippen LogP contribution in [0.2, 0.25) is 0 Å². The minimum atomic E-state index is -0.867. The highest BCUT2D eigenvalue weighted by Crippen LogP contribution is 2.35. The summed E-state index contributed by atoms with van der Waals surface area (Å²) >= 11 is 0. The van der Waals surface area contributed by atoms with Crippen molar-refractivity contribution in [3.63, 3.8) is 0 Å². The number of benzene rings is 2. The van der Waals surface area contributed by atoms with E-state index >= 15 is 0 Å². The number of hydrogen-bond donors (Lipinski definition) is 1. The van der Waals surface area contributed by atoms with Crippen LogP contribution in [0.3, 0.4) is 0 Å². The van der Waals surface area contributed by atoms with Gasteiger partial charge in [-0.15, -0.1) is 5.10 Å². The second-order valence-electron chi connectivity index (χ2n) is 5.84. The van der Waals surface area contributed by atoms with Crippen LogP contribution in [0.5, 0.6) is 0 Å². The van der Waals surface area contributed by atoms with Crippen LogP contribution >= 0.6 is 0 Å². The summed E-state index contributed by atoms with van der Waals surface area (Å²) in [5.41, 5.74) is 2.24. The Bertz CT molecular complexity index is 946. The maximum absolute atomic E-state index is 12.9. The number of para-hydroxylation sites is 2. The fraction of sp³-hybridized carbons (Fsp3) is 0.105. The third-order valence-corrected chi connectivity index (χ3v) is 4.24. The van der Waals surface area contributed by atoms with Crippen LogP contribution in [0.25, 0.3) is 0 Å². The molecule has 2 heterocycles. The normalized spacial score (nSPS) is 16.1. The van der Waals surface area contributed by atoms with Crippen molar-refractivity contribution in [2.75, 3.05) is 16.8 Å². The first-order chi connectivity index (χ1) is 12.7. The number of nitrogens with zero attached hydrogens (tertiary/aromatic N) is 4. The number of fused-ring (bicyclic) bond motifs is 1. The van der Waals surface area contributed by atoms with E-state index in [0.717, 1.165) is 11.4 Å². The Morgan fingerprint density at radius 3 is 2.58 bits per heavy atom. The average molecular weight is 345 g/mol. The number of ketones is 1. The lowest BCUT2D eigenvalue weighted by Crippen LogP contribution is -2.43. The summed E-state index contributed by atoms with van der Waals surface area (Å²) in [5.74, 6) is -1.45. The molecule has 1 aromatic heterocycles. The standard InChI is InChI=1S/C19H15N5O2/c25-17-14-8-4-5-9-16(14)24(13-6-2-1-3-7-13)12-15(17)18(26)22-19-20-10-11-21-23-19/h1-11,15H,12H2,(H,20,22,23,26). The predicted molar refractivity (Wildman–Crippen MR) is 96.2 cm³/mol. The Labute approximate surface area is 149 Å². The van der Waals surface area contributed by atoms with Crippen molar-refractivity contribution in [3.8, 4) is 0 Å². The van der Waals surface area contributed by atoms with Crippen LogP contribution in [-0.2, 0) is 4.79 Å².